The van der Waals surface area contributed by atoms with Crippen LogP contribution in [0.5, 0.6) is 17.2 Å². The molecule has 0 aliphatic carbocycles. The van der Waals surface area contributed by atoms with Gasteiger partial charge >= 0.3 is 0 Å². The lowest BCUT2D eigenvalue weighted by Crippen LogP contribution is -2.14. The molecule has 0 unspecified atom stereocenters. The number of aromatic amines is 1. The van der Waals surface area contributed by atoms with E-state index in [0.29, 0.717) is 22.9 Å². The van der Waals surface area contributed by atoms with Crippen molar-refractivity contribution in [1.29, 1.82) is 0 Å². The van der Waals surface area contributed by atoms with Crippen LogP contribution in [0.15, 0.2) is 36.4 Å². The highest BCUT2D eigenvalue weighted by atomic mass is 16.6. The van der Waals surface area contributed by atoms with Gasteiger partial charge in [-0.05, 0) is 23.8 Å². The number of benzene rings is 2. The number of H-pyrrole nitrogens is 1. The highest BCUT2D eigenvalue weighted by Crippen LogP contribution is 2.33. The Morgan fingerprint density at radius 2 is 1.93 bits per heavy atom. The van der Waals surface area contributed by atoms with Gasteiger partial charge in [0.2, 0.25) is 0 Å². The molecule has 0 bridgehead atoms. The van der Waals surface area contributed by atoms with Gasteiger partial charge in [-0.25, -0.2) is 4.98 Å². The third-order valence-corrected chi connectivity index (χ3v) is 4.00. The van der Waals surface area contributed by atoms with Crippen molar-refractivity contribution in [2.45, 2.75) is 6.04 Å². The number of nitro benzene ring substituents is 1. The van der Waals surface area contributed by atoms with Crippen molar-refractivity contribution in [1.82, 2.24) is 15.2 Å². The fraction of sp³-hybridized carbons (Fsp3) is 0.176. The molecule has 3 aromatic rings. The molecule has 1 heterocycles. The number of hydrogen-bond acceptors (Lipinski definition) is 8. The summed E-state index contributed by atoms with van der Waals surface area (Å²) in [5.41, 5.74) is 6.88. The second-order valence-electron chi connectivity index (χ2n) is 5.59. The molecule has 0 aliphatic rings. The standard InChI is InChI=1S/C17H17N5O5/c1-26-13-6-3-9(7-14(13)27-2)15(18)17-19-16(20-21-17)11-8-10(22(24)25)4-5-12(11)23/h3-8,15,23H,18H2,1-2H3,(H,19,20,21)/t15-/m0/s1. The molecule has 0 aliphatic heterocycles. The number of methoxy groups -OCH3 is 2. The Bertz CT molecular complexity index is 988. The summed E-state index contributed by atoms with van der Waals surface area (Å²) in [4.78, 5) is 14.6. The lowest BCUT2D eigenvalue weighted by Gasteiger charge is -2.13. The molecule has 0 saturated carbocycles. The fourth-order valence-corrected chi connectivity index (χ4v) is 2.55. The Balaban J connectivity index is 1.94. The maximum atomic E-state index is 10.9. The number of hydrogen-bond donors (Lipinski definition) is 3. The highest BCUT2D eigenvalue weighted by molar-refractivity contribution is 5.67. The summed E-state index contributed by atoms with van der Waals surface area (Å²) < 4.78 is 10.5. The van der Waals surface area contributed by atoms with E-state index in [9.17, 15) is 15.2 Å². The summed E-state index contributed by atoms with van der Waals surface area (Å²) >= 11 is 0. The third-order valence-electron chi connectivity index (χ3n) is 4.00. The van der Waals surface area contributed by atoms with E-state index in [1.807, 2.05) is 0 Å². The van der Waals surface area contributed by atoms with Crippen LogP contribution >= 0.6 is 0 Å². The summed E-state index contributed by atoms with van der Waals surface area (Å²) in [6.45, 7) is 0. The van der Waals surface area contributed by atoms with Gasteiger partial charge in [0.1, 0.15) is 11.6 Å². The molecule has 0 radical (unpaired) electrons. The van der Waals surface area contributed by atoms with E-state index < -0.39 is 11.0 Å². The predicted molar refractivity (Wildman–Crippen MR) is 95.7 cm³/mol. The molecule has 0 saturated heterocycles. The molecule has 0 fully saturated rings. The van der Waals surface area contributed by atoms with Crippen molar-refractivity contribution in [3.63, 3.8) is 0 Å². The minimum atomic E-state index is -0.660. The van der Waals surface area contributed by atoms with Crippen LogP contribution < -0.4 is 15.2 Å². The Kier molecular flexibility index (Phi) is 4.90. The van der Waals surface area contributed by atoms with Gasteiger partial charge < -0.3 is 20.3 Å². The van der Waals surface area contributed by atoms with E-state index in [0.717, 1.165) is 0 Å². The fourth-order valence-electron chi connectivity index (χ4n) is 2.55. The Morgan fingerprint density at radius 3 is 2.59 bits per heavy atom. The smallest absolute Gasteiger partial charge is 0.270 e. The summed E-state index contributed by atoms with van der Waals surface area (Å²) in [5, 5.41) is 27.6. The minimum Gasteiger partial charge on any atom is -0.507 e. The average molecular weight is 371 g/mol. The summed E-state index contributed by atoms with van der Waals surface area (Å²) in [5.74, 6) is 1.32. The van der Waals surface area contributed by atoms with E-state index in [1.165, 1.54) is 32.4 Å². The number of aromatic nitrogens is 3. The molecule has 140 valence electrons. The molecule has 10 heteroatoms. The van der Waals surface area contributed by atoms with Crippen molar-refractivity contribution in [3.05, 3.63) is 57.9 Å². The minimum absolute atomic E-state index is 0.0992. The van der Waals surface area contributed by atoms with Crippen LogP contribution in [0.4, 0.5) is 5.69 Å². The lowest BCUT2D eigenvalue weighted by atomic mass is 10.1. The van der Waals surface area contributed by atoms with Gasteiger partial charge in [0.25, 0.3) is 5.69 Å². The summed E-state index contributed by atoms with van der Waals surface area (Å²) in [7, 11) is 3.05. The Labute approximate surface area is 153 Å². The number of nitrogens with one attached hydrogen (secondary N) is 1. The van der Waals surface area contributed by atoms with Crippen LogP contribution in [0.3, 0.4) is 0 Å². The zero-order valence-electron chi connectivity index (χ0n) is 14.5. The van der Waals surface area contributed by atoms with Gasteiger partial charge in [-0.1, -0.05) is 6.07 Å². The molecular formula is C17H17N5O5. The summed E-state index contributed by atoms with van der Waals surface area (Å²) in [6.07, 6.45) is 0. The zero-order valence-corrected chi connectivity index (χ0v) is 14.5. The number of aromatic hydroxyl groups is 1. The second kappa shape index (κ2) is 7.30. The first-order valence-electron chi connectivity index (χ1n) is 7.82. The first-order valence-corrected chi connectivity index (χ1v) is 7.82. The van der Waals surface area contributed by atoms with E-state index in [-0.39, 0.29) is 22.8 Å². The number of phenolic OH excluding ortho intramolecular Hbond substituents is 1. The second-order valence-corrected chi connectivity index (χ2v) is 5.59. The first-order chi connectivity index (χ1) is 12.9. The van der Waals surface area contributed by atoms with Gasteiger partial charge in [0, 0.05) is 12.1 Å². The quantitative estimate of drug-likeness (QED) is 0.441. The van der Waals surface area contributed by atoms with Crippen LogP contribution in [0.2, 0.25) is 0 Å². The molecule has 27 heavy (non-hydrogen) atoms. The van der Waals surface area contributed by atoms with Gasteiger partial charge in [0.15, 0.2) is 17.3 Å². The van der Waals surface area contributed by atoms with Gasteiger partial charge in [-0.15, -0.1) is 0 Å². The number of nitrogens with zero attached hydrogens (tertiary/aromatic N) is 3. The summed E-state index contributed by atoms with van der Waals surface area (Å²) in [6, 6.07) is 8.16. The van der Waals surface area contributed by atoms with E-state index >= 15 is 0 Å². The maximum Gasteiger partial charge on any atom is 0.270 e. The highest BCUT2D eigenvalue weighted by Gasteiger charge is 2.20. The number of nitro groups is 1. The number of ether oxygens (including phenoxy) is 2. The van der Waals surface area contributed by atoms with Crippen molar-refractivity contribution in [3.8, 4) is 28.6 Å². The number of non-ortho nitro benzene ring substituents is 1. The topological polar surface area (TPSA) is 149 Å². The van der Waals surface area contributed by atoms with Crippen molar-refractivity contribution < 1.29 is 19.5 Å². The Hall–Kier alpha value is -3.66. The monoisotopic (exact) mass is 371 g/mol. The number of nitrogens with two attached hydrogens (primary N) is 1. The molecule has 4 N–H and O–H groups in total. The van der Waals surface area contributed by atoms with Crippen LogP contribution in [0.1, 0.15) is 17.4 Å². The van der Waals surface area contributed by atoms with Crippen LogP contribution in [-0.2, 0) is 0 Å². The van der Waals surface area contributed by atoms with Crippen molar-refractivity contribution >= 4 is 5.69 Å². The molecule has 3 rings (SSSR count). The van der Waals surface area contributed by atoms with Crippen LogP contribution in [0.25, 0.3) is 11.4 Å². The molecule has 10 nitrogen and oxygen atoms in total. The molecule has 0 amide bonds. The predicted octanol–water partition coefficient (Wildman–Crippen LogP) is 2.15. The van der Waals surface area contributed by atoms with Crippen LogP contribution in [0, 0.1) is 10.1 Å². The van der Waals surface area contributed by atoms with Gasteiger partial charge in [-0.2, -0.15) is 5.10 Å². The van der Waals surface area contributed by atoms with Crippen molar-refractivity contribution in [2.24, 2.45) is 5.73 Å². The SMILES string of the molecule is COc1ccc([C@H](N)c2nc(-c3cc([N+](=O)[O-])ccc3O)n[nH]2)cc1OC. The normalized spacial score (nSPS) is 11.8. The van der Waals surface area contributed by atoms with Gasteiger partial charge in [-0.3, -0.25) is 15.2 Å². The Morgan fingerprint density at radius 1 is 1.19 bits per heavy atom. The van der Waals surface area contributed by atoms with E-state index in [1.54, 1.807) is 18.2 Å². The third kappa shape index (κ3) is 3.51. The van der Waals surface area contributed by atoms with E-state index in [2.05, 4.69) is 15.2 Å². The number of rotatable bonds is 6. The largest absolute Gasteiger partial charge is 0.507 e. The molecular weight excluding hydrogens is 354 g/mol. The molecule has 2 aromatic carbocycles. The molecule has 0 spiro atoms. The van der Waals surface area contributed by atoms with Gasteiger partial charge in [0.05, 0.1) is 30.7 Å². The lowest BCUT2D eigenvalue weighted by molar-refractivity contribution is -0.384. The van der Waals surface area contributed by atoms with Crippen molar-refractivity contribution in [2.75, 3.05) is 14.2 Å². The first kappa shape index (κ1) is 18.1. The zero-order chi connectivity index (χ0) is 19.6. The molecule has 1 atom stereocenters. The molecule has 1 aromatic heterocycles. The maximum absolute atomic E-state index is 10.9. The van der Waals surface area contributed by atoms with Crippen LogP contribution in [-0.4, -0.2) is 39.4 Å². The number of phenols is 1. The average Bonchev–Trinajstić information content (AvgIpc) is 3.16. The van der Waals surface area contributed by atoms with E-state index in [4.69, 9.17) is 15.2 Å².